The number of nitriles is 1. The largest absolute Gasteiger partial charge is 0.367 e. The van der Waals surface area contributed by atoms with E-state index in [4.69, 9.17) is 16.6 Å². The number of fused-ring (bicyclic) bond motifs is 1. The van der Waals surface area contributed by atoms with Crippen LogP contribution in [0.5, 0.6) is 0 Å². The summed E-state index contributed by atoms with van der Waals surface area (Å²) in [6.07, 6.45) is 1.98. The van der Waals surface area contributed by atoms with Crippen LogP contribution in [0.4, 0.5) is 5.69 Å². The third-order valence-electron chi connectivity index (χ3n) is 5.14. The van der Waals surface area contributed by atoms with Crippen molar-refractivity contribution in [3.05, 3.63) is 64.7 Å². The Morgan fingerprint density at radius 1 is 1.07 bits per heavy atom. The van der Waals surface area contributed by atoms with Crippen LogP contribution in [0.15, 0.2) is 53.6 Å². The zero-order valence-electron chi connectivity index (χ0n) is 15.7. The molecule has 1 saturated heterocycles. The van der Waals surface area contributed by atoms with Crippen molar-refractivity contribution in [2.75, 3.05) is 37.3 Å². The van der Waals surface area contributed by atoms with E-state index in [1.54, 1.807) is 0 Å². The van der Waals surface area contributed by atoms with Gasteiger partial charge in [-0.05, 0) is 30.0 Å². The van der Waals surface area contributed by atoms with Crippen molar-refractivity contribution in [1.82, 2.24) is 9.88 Å². The van der Waals surface area contributed by atoms with E-state index in [-0.39, 0.29) is 0 Å². The topological polar surface area (TPSA) is 43.2 Å². The summed E-state index contributed by atoms with van der Waals surface area (Å²) in [5, 5.41) is 12.5. The van der Waals surface area contributed by atoms with Gasteiger partial charge in [-0.15, -0.1) is 11.8 Å². The third kappa shape index (κ3) is 3.81. The molecule has 28 heavy (non-hydrogen) atoms. The predicted octanol–water partition coefficient (Wildman–Crippen LogP) is 4.80. The fourth-order valence-electron chi connectivity index (χ4n) is 3.73. The average molecular weight is 409 g/mol. The van der Waals surface area contributed by atoms with Crippen LogP contribution in [0.3, 0.4) is 0 Å². The highest BCUT2D eigenvalue weighted by molar-refractivity contribution is 7.98. The highest BCUT2D eigenvalue weighted by atomic mass is 35.5. The summed E-state index contributed by atoms with van der Waals surface area (Å²) in [4.78, 5) is 9.49. The maximum absolute atomic E-state index is 9.84. The van der Waals surface area contributed by atoms with Crippen molar-refractivity contribution in [3.63, 3.8) is 0 Å². The SMILES string of the molecule is CSc1nc2ccccc2c(N2CCN(Cc3ccc(Cl)cc3)CC2)c1C#N. The molecule has 2 heterocycles. The molecular formula is C22H21ClN4S. The van der Waals surface area contributed by atoms with Gasteiger partial charge < -0.3 is 4.90 Å². The molecule has 0 amide bonds. The van der Waals surface area contributed by atoms with Crippen molar-refractivity contribution in [1.29, 1.82) is 5.26 Å². The number of para-hydroxylation sites is 1. The molecular weight excluding hydrogens is 388 g/mol. The summed E-state index contributed by atoms with van der Waals surface area (Å²) in [5.74, 6) is 0. The van der Waals surface area contributed by atoms with Crippen molar-refractivity contribution < 1.29 is 0 Å². The molecule has 1 fully saturated rings. The lowest BCUT2D eigenvalue weighted by Gasteiger charge is -2.37. The molecule has 1 aliphatic rings. The Hall–Kier alpha value is -2.26. The minimum atomic E-state index is 0.692. The van der Waals surface area contributed by atoms with Crippen molar-refractivity contribution in [3.8, 4) is 6.07 Å². The molecule has 4 nitrogen and oxygen atoms in total. The summed E-state index contributed by atoms with van der Waals surface area (Å²) in [5.41, 5.74) is 3.94. The number of hydrogen-bond donors (Lipinski definition) is 0. The third-order valence-corrected chi connectivity index (χ3v) is 6.08. The molecule has 2 aromatic carbocycles. The molecule has 0 aliphatic carbocycles. The summed E-state index contributed by atoms with van der Waals surface area (Å²) >= 11 is 7.52. The minimum absolute atomic E-state index is 0.692. The second-order valence-electron chi connectivity index (χ2n) is 6.86. The van der Waals surface area contributed by atoms with E-state index in [0.717, 1.165) is 59.4 Å². The molecule has 1 aromatic heterocycles. The lowest BCUT2D eigenvalue weighted by Crippen LogP contribution is -2.46. The van der Waals surface area contributed by atoms with Gasteiger partial charge in [0.25, 0.3) is 0 Å². The molecule has 0 bridgehead atoms. The van der Waals surface area contributed by atoms with Gasteiger partial charge in [-0.25, -0.2) is 4.98 Å². The van der Waals surface area contributed by atoms with Crippen LogP contribution in [0.2, 0.25) is 5.02 Å². The van der Waals surface area contributed by atoms with E-state index >= 15 is 0 Å². The van der Waals surface area contributed by atoms with E-state index < -0.39 is 0 Å². The molecule has 0 spiro atoms. The number of nitrogens with zero attached hydrogens (tertiary/aromatic N) is 4. The first-order valence-corrected chi connectivity index (χ1v) is 10.9. The predicted molar refractivity (Wildman–Crippen MR) is 117 cm³/mol. The quantitative estimate of drug-likeness (QED) is 0.580. The monoisotopic (exact) mass is 408 g/mol. The van der Waals surface area contributed by atoms with E-state index in [0.29, 0.717) is 5.56 Å². The number of halogens is 1. The number of benzene rings is 2. The van der Waals surface area contributed by atoms with E-state index in [1.165, 1.54) is 17.3 Å². The second kappa shape index (κ2) is 8.40. The van der Waals surface area contributed by atoms with Gasteiger partial charge in [0.2, 0.25) is 0 Å². The Labute approximate surface area is 174 Å². The molecule has 0 radical (unpaired) electrons. The van der Waals surface area contributed by atoms with Crippen LogP contribution in [-0.2, 0) is 6.54 Å². The Kier molecular flexibility index (Phi) is 5.72. The zero-order chi connectivity index (χ0) is 19.5. The van der Waals surface area contributed by atoms with E-state index in [9.17, 15) is 5.26 Å². The van der Waals surface area contributed by atoms with Gasteiger partial charge in [0.15, 0.2) is 0 Å². The first kappa shape index (κ1) is 19.1. The summed E-state index contributed by atoms with van der Waals surface area (Å²) in [7, 11) is 0. The van der Waals surface area contributed by atoms with Crippen molar-refractivity contribution in [2.24, 2.45) is 0 Å². The summed E-state index contributed by atoms with van der Waals surface area (Å²) in [6.45, 7) is 4.62. The number of piperazine rings is 1. The van der Waals surface area contributed by atoms with Crippen LogP contribution in [-0.4, -0.2) is 42.3 Å². The highest BCUT2D eigenvalue weighted by Crippen LogP contribution is 2.35. The maximum Gasteiger partial charge on any atom is 0.116 e. The summed E-state index contributed by atoms with van der Waals surface area (Å²) < 4.78 is 0. The highest BCUT2D eigenvalue weighted by Gasteiger charge is 2.23. The molecule has 142 valence electrons. The molecule has 0 saturated carbocycles. The maximum atomic E-state index is 9.84. The fourth-order valence-corrected chi connectivity index (χ4v) is 4.39. The van der Waals surface area contributed by atoms with Gasteiger partial charge in [0.1, 0.15) is 16.7 Å². The molecule has 0 unspecified atom stereocenters. The molecule has 0 N–H and O–H groups in total. The Balaban J connectivity index is 1.58. The Morgan fingerprint density at radius 3 is 2.46 bits per heavy atom. The van der Waals surface area contributed by atoms with Crippen molar-refractivity contribution in [2.45, 2.75) is 11.6 Å². The van der Waals surface area contributed by atoms with Crippen LogP contribution in [0, 0.1) is 11.3 Å². The normalized spacial score (nSPS) is 15.0. The van der Waals surface area contributed by atoms with Gasteiger partial charge in [-0.3, -0.25) is 4.90 Å². The lowest BCUT2D eigenvalue weighted by atomic mass is 10.1. The van der Waals surface area contributed by atoms with Gasteiger partial charge in [0, 0.05) is 43.1 Å². The first-order chi connectivity index (χ1) is 13.7. The lowest BCUT2D eigenvalue weighted by molar-refractivity contribution is 0.250. The number of pyridine rings is 1. The fraction of sp³-hybridized carbons (Fsp3) is 0.273. The van der Waals surface area contributed by atoms with Crippen LogP contribution in [0.25, 0.3) is 10.9 Å². The molecule has 1 aliphatic heterocycles. The Bertz CT molecular complexity index is 1020. The van der Waals surface area contributed by atoms with Crippen LogP contribution >= 0.6 is 23.4 Å². The van der Waals surface area contributed by atoms with E-state index in [2.05, 4.69) is 34.1 Å². The van der Waals surface area contributed by atoms with Gasteiger partial charge >= 0.3 is 0 Å². The molecule has 0 atom stereocenters. The van der Waals surface area contributed by atoms with Crippen LogP contribution in [0.1, 0.15) is 11.1 Å². The van der Waals surface area contributed by atoms with Gasteiger partial charge in [-0.1, -0.05) is 41.9 Å². The van der Waals surface area contributed by atoms with Crippen LogP contribution < -0.4 is 4.90 Å². The first-order valence-electron chi connectivity index (χ1n) is 9.28. The minimum Gasteiger partial charge on any atom is -0.367 e. The summed E-state index contributed by atoms with van der Waals surface area (Å²) in [6, 6.07) is 18.6. The van der Waals surface area contributed by atoms with Gasteiger partial charge in [0.05, 0.1) is 11.2 Å². The van der Waals surface area contributed by atoms with Crippen molar-refractivity contribution >= 4 is 40.0 Å². The van der Waals surface area contributed by atoms with E-state index in [1.807, 2.05) is 36.6 Å². The number of hydrogen-bond acceptors (Lipinski definition) is 5. The van der Waals surface area contributed by atoms with Gasteiger partial charge in [-0.2, -0.15) is 5.26 Å². The molecule has 3 aromatic rings. The average Bonchev–Trinajstić information content (AvgIpc) is 2.74. The standard InChI is InChI=1S/C22H21ClN4S/c1-28-22-19(14-24)21(18-4-2-3-5-20(18)25-22)27-12-10-26(11-13-27)15-16-6-8-17(23)9-7-16/h2-9H,10-13,15H2,1H3. The number of anilines is 1. The Morgan fingerprint density at radius 2 is 1.79 bits per heavy atom. The zero-order valence-corrected chi connectivity index (χ0v) is 17.3. The second-order valence-corrected chi connectivity index (χ2v) is 8.09. The molecule has 4 rings (SSSR count). The number of rotatable bonds is 4. The number of thioether (sulfide) groups is 1. The molecule has 6 heteroatoms. The number of aromatic nitrogens is 1. The smallest absolute Gasteiger partial charge is 0.116 e.